The Morgan fingerprint density at radius 3 is 2.69 bits per heavy atom. The van der Waals surface area contributed by atoms with Crippen LogP contribution in [0.5, 0.6) is 23.0 Å². The number of ether oxygens (including phenoxy) is 4. The zero-order chi connectivity index (χ0) is 18.5. The number of anilines is 1. The second kappa shape index (κ2) is 7.60. The molecule has 0 saturated heterocycles. The Balaban J connectivity index is 1.63. The average Bonchev–Trinajstić information content (AvgIpc) is 2.66. The molecular weight excluding hydrogens is 344 g/mol. The smallest absolute Gasteiger partial charge is 0.314 e. The molecule has 136 valence electrons. The number of carbonyl (C=O) groups is 1. The molecule has 0 aromatic heterocycles. The highest BCUT2D eigenvalue weighted by atomic mass is 16.6. The summed E-state index contributed by atoms with van der Waals surface area (Å²) in [5.74, 6) is 0.991. The molecule has 1 aliphatic heterocycles. The van der Waals surface area contributed by atoms with E-state index >= 15 is 0 Å². The number of nitro benzene ring substituents is 1. The zero-order valence-corrected chi connectivity index (χ0v) is 13.9. The van der Waals surface area contributed by atoms with Crippen LogP contribution in [-0.4, -0.2) is 37.8 Å². The van der Waals surface area contributed by atoms with Crippen molar-refractivity contribution in [2.75, 3.05) is 32.2 Å². The Morgan fingerprint density at radius 1 is 1.19 bits per heavy atom. The van der Waals surface area contributed by atoms with Gasteiger partial charge < -0.3 is 24.3 Å². The number of hydrogen-bond donors (Lipinski definition) is 1. The minimum atomic E-state index is -0.601. The van der Waals surface area contributed by atoms with Crippen LogP contribution in [0.3, 0.4) is 0 Å². The lowest BCUT2D eigenvalue weighted by molar-refractivity contribution is -0.385. The molecule has 26 heavy (non-hydrogen) atoms. The van der Waals surface area contributed by atoms with Gasteiger partial charge in [0.1, 0.15) is 19.0 Å². The van der Waals surface area contributed by atoms with Crippen LogP contribution in [0.2, 0.25) is 0 Å². The summed E-state index contributed by atoms with van der Waals surface area (Å²) in [4.78, 5) is 22.6. The SMILES string of the molecule is COc1ccc(OCC(=O)Nc2ccc3c(c2)OCCO3)c([N+](=O)[O-])c1. The lowest BCUT2D eigenvalue weighted by Crippen LogP contribution is -2.21. The molecule has 2 aromatic carbocycles. The first-order valence-electron chi connectivity index (χ1n) is 7.71. The molecule has 9 heteroatoms. The maximum Gasteiger partial charge on any atom is 0.314 e. The summed E-state index contributed by atoms with van der Waals surface area (Å²) in [7, 11) is 1.40. The molecule has 1 aliphatic rings. The summed E-state index contributed by atoms with van der Waals surface area (Å²) < 4.78 is 21.1. The Labute approximate surface area is 148 Å². The molecule has 0 bridgehead atoms. The number of nitro groups is 1. The second-order valence-electron chi connectivity index (χ2n) is 5.29. The van der Waals surface area contributed by atoms with Gasteiger partial charge in [0.25, 0.3) is 5.91 Å². The average molecular weight is 360 g/mol. The summed E-state index contributed by atoms with van der Waals surface area (Å²) in [5, 5.41) is 13.7. The number of hydrogen-bond acceptors (Lipinski definition) is 7. The fraction of sp³-hybridized carbons (Fsp3) is 0.235. The van der Waals surface area contributed by atoms with Gasteiger partial charge >= 0.3 is 5.69 Å². The van der Waals surface area contributed by atoms with Gasteiger partial charge in [0.05, 0.1) is 18.1 Å². The first-order valence-corrected chi connectivity index (χ1v) is 7.71. The lowest BCUT2D eigenvalue weighted by Gasteiger charge is -2.19. The monoisotopic (exact) mass is 360 g/mol. The van der Waals surface area contributed by atoms with Crippen LogP contribution in [-0.2, 0) is 4.79 Å². The first kappa shape index (κ1) is 17.3. The van der Waals surface area contributed by atoms with Crippen molar-refractivity contribution in [3.63, 3.8) is 0 Å². The molecule has 0 atom stereocenters. The van der Waals surface area contributed by atoms with Crippen molar-refractivity contribution in [3.8, 4) is 23.0 Å². The van der Waals surface area contributed by atoms with Gasteiger partial charge in [-0.15, -0.1) is 0 Å². The lowest BCUT2D eigenvalue weighted by atomic mass is 10.2. The quantitative estimate of drug-likeness (QED) is 0.622. The maximum absolute atomic E-state index is 12.1. The molecule has 0 aliphatic carbocycles. The van der Waals surface area contributed by atoms with Crippen molar-refractivity contribution in [3.05, 3.63) is 46.5 Å². The van der Waals surface area contributed by atoms with Crippen molar-refractivity contribution < 1.29 is 28.7 Å². The standard InChI is InChI=1S/C17H16N2O7/c1-23-12-3-5-14(13(9-12)19(21)22)26-10-17(20)18-11-2-4-15-16(8-11)25-7-6-24-15/h2-5,8-9H,6-7,10H2,1H3,(H,18,20). The highest BCUT2D eigenvalue weighted by Gasteiger charge is 2.18. The van der Waals surface area contributed by atoms with E-state index in [1.54, 1.807) is 18.2 Å². The van der Waals surface area contributed by atoms with E-state index in [0.29, 0.717) is 36.1 Å². The molecule has 0 saturated carbocycles. The van der Waals surface area contributed by atoms with Crippen LogP contribution in [0.1, 0.15) is 0 Å². The van der Waals surface area contributed by atoms with Crippen molar-refractivity contribution in [1.29, 1.82) is 0 Å². The van der Waals surface area contributed by atoms with E-state index in [-0.39, 0.29) is 18.0 Å². The largest absolute Gasteiger partial charge is 0.496 e. The predicted octanol–water partition coefficient (Wildman–Crippen LogP) is 2.39. The fourth-order valence-corrected chi connectivity index (χ4v) is 2.35. The van der Waals surface area contributed by atoms with Gasteiger partial charge in [-0.3, -0.25) is 14.9 Å². The van der Waals surface area contributed by atoms with Gasteiger partial charge in [0, 0.05) is 11.8 Å². The fourth-order valence-electron chi connectivity index (χ4n) is 2.35. The molecule has 2 aromatic rings. The Bertz CT molecular complexity index is 838. The van der Waals surface area contributed by atoms with Gasteiger partial charge in [-0.1, -0.05) is 0 Å². The molecule has 0 spiro atoms. The predicted molar refractivity (Wildman–Crippen MR) is 91.2 cm³/mol. The summed E-state index contributed by atoms with van der Waals surface area (Å²) in [6.07, 6.45) is 0. The van der Waals surface area contributed by atoms with E-state index in [4.69, 9.17) is 18.9 Å². The van der Waals surface area contributed by atoms with Crippen molar-refractivity contribution >= 4 is 17.3 Å². The number of benzene rings is 2. The summed E-state index contributed by atoms with van der Waals surface area (Å²) in [5.41, 5.74) is 0.226. The molecule has 1 N–H and O–H groups in total. The molecule has 0 radical (unpaired) electrons. The number of nitrogens with zero attached hydrogens (tertiary/aromatic N) is 1. The summed E-state index contributed by atoms with van der Waals surface area (Å²) in [6, 6.07) is 9.13. The molecule has 1 heterocycles. The first-order chi connectivity index (χ1) is 12.6. The van der Waals surface area contributed by atoms with Gasteiger partial charge in [0.2, 0.25) is 0 Å². The Kier molecular flexibility index (Phi) is 5.07. The van der Waals surface area contributed by atoms with Crippen molar-refractivity contribution in [2.24, 2.45) is 0 Å². The Hall–Kier alpha value is -3.49. The van der Waals surface area contributed by atoms with E-state index in [9.17, 15) is 14.9 Å². The molecule has 9 nitrogen and oxygen atoms in total. The van der Waals surface area contributed by atoms with Gasteiger partial charge in [-0.2, -0.15) is 0 Å². The molecule has 3 rings (SSSR count). The number of carbonyl (C=O) groups excluding carboxylic acids is 1. The molecule has 0 fully saturated rings. The van der Waals surface area contributed by atoms with Crippen LogP contribution >= 0.6 is 0 Å². The van der Waals surface area contributed by atoms with Crippen LogP contribution in [0.4, 0.5) is 11.4 Å². The van der Waals surface area contributed by atoms with E-state index in [1.165, 1.54) is 25.3 Å². The number of rotatable bonds is 6. The van der Waals surface area contributed by atoms with Crippen LogP contribution < -0.4 is 24.3 Å². The molecule has 1 amide bonds. The van der Waals surface area contributed by atoms with Gasteiger partial charge in [0.15, 0.2) is 23.9 Å². The third kappa shape index (κ3) is 3.94. The zero-order valence-electron chi connectivity index (χ0n) is 13.9. The van der Waals surface area contributed by atoms with Crippen LogP contribution in [0, 0.1) is 10.1 Å². The second-order valence-corrected chi connectivity index (χ2v) is 5.29. The highest BCUT2D eigenvalue weighted by Crippen LogP contribution is 2.33. The van der Waals surface area contributed by atoms with Crippen molar-refractivity contribution in [1.82, 2.24) is 0 Å². The molecular formula is C17H16N2O7. The van der Waals surface area contributed by atoms with E-state index < -0.39 is 10.8 Å². The summed E-state index contributed by atoms with van der Waals surface area (Å²) in [6.45, 7) is 0.531. The normalized spacial score (nSPS) is 12.2. The van der Waals surface area contributed by atoms with E-state index in [1.807, 2.05) is 0 Å². The number of amides is 1. The topological polar surface area (TPSA) is 109 Å². The van der Waals surface area contributed by atoms with Gasteiger partial charge in [-0.05, 0) is 24.3 Å². The molecule has 0 unspecified atom stereocenters. The number of methoxy groups -OCH3 is 1. The minimum Gasteiger partial charge on any atom is -0.496 e. The highest BCUT2D eigenvalue weighted by molar-refractivity contribution is 5.92. The van der Waals surface area contributed by atoms with E-state index in [2.05, 4.69) is 5.32 Å². The third-order valence-electron chi connectivity index (χ3n) is 3.55. The summed E-state index contributed by atoms with van der Waals surface area (Å²) >= 11 is 0. The van der Waals surface area contributed by atoms with Crippen molar-refractivity contribution in [2.45, 2.75) is 0 Å². The Morgan fingerprint density at radius 2 is 1.96 bits per heavy atom. The van der Waals surface area contributed by atoms with E-state index in [0.717, 1.165) is 0 Å². The van der Waals surface area contributed by atoms with Crippen LogP contribution in [0.15, 0.2) is 36.4 Å². The maximum atomic E-state index is 12.1. The van der Waals surface area contributed by atoms with Gasteiger partial charge in [-0.25, -0.2) is 0 Å². The number of nitrogens with one attached hydrogen (secondary N) is 1. The van der Waals surface area contributed by atoms with Crippen LogP contribution in [0.25, 0.3) is 0 Å². The minimum absolute atomic E-state index is 0.0203. The third-order valence-corrected chi connectivity index (χ3v) is 3.55. The number of fused-ring (bicyclic) bond motifs is 1.